The van der Waals surface area contributed by atoms with Crippen LogP contribution in [0.15, 0.2) is 42.6 Å². The van der Waals surface area contributed by atoms with Crippen molar-refractivity contribution in [1.82, 2.24) is 9.47 Å². The lowest BCUT2D eigenvalue weighted by Gasteiger charge is -2.23. The Kier molecular flexibility index (Phi) is 7.74. The molecule has 4 nitrogen and oxygen atoms in total. The van der Waals surface area contributed by atoms with Gasteiger partial charge in [0.25, 0.3) is 0 Å². The van der Waals surface area contributed by atoms with E-state index >= 15 is 0 Å². The van der Waals surface area contributed by atoms with Gasteiger partial charge in [-0.3, -0.25) is 4.79 Å². The number of unbranched alkanes of at least 4 members (excludes halogenated alkanes) is 2. The van der Waals surface area contributed by atoms with Crippen LogP contribution in [0.4, 0.5) is 0 Å². The highest BCUT2D eigenvalue weighted by Crippen LogP contribution is 2.13. The molecule has 0 radical (unpaired) electrons. The van der Waals surface area contributed by atoms with Crippen LogP contribution in [0.3, 0.4) is 0 Å². The molecule has 0 aliphatic rings. The van der Waals surface area contributed by atoms with Gasteiger partial charge < -0.3 is 14.2 Å². The maximum Gasteiger partial charge on any atom is 0.248 e. The molecule has 0 bridgehead atoms. The van der Waals surface area contributed by atoms with Crippen LogP contribution in [0.1, 0.15) is 43.0 Å². The van der Waals surface area contributed by atoms with Crippen molar-refractivity contribution in [3.05, 3.63) is 59.4 Å². The number of methoxy groups -OCH3 is 1. The lowest BCUT2D eigenvalue weighted by atomic mass is 10.1. The summed E-state index contributed by atoms with van der Waals surface area (Å²) in [6.45, 7) is 6.67. The quantitative estimate of drug-likeness (QED) is 0.612. The van der Waals surface area contributed by atoms with Crippen LogP contribution < -0.4 is 0 Å². The Morgan fingerprint density at radius 2 is 2.04 bits per heavy atom. The van der Waals surface area contributed by atoms with Crippen LogP contribution in [0.5, 0.6) is 0 Å². The summed E-state index contributed by atoms with van der Waals surface area (Å²) < 4.78 is 7.28. The molecule has 25 heavy (non-hydrogen) atoms. The normalized spacial score (nSPS) is 10.8. The van der Waals surface area contributed by atoms with Crippen molar-refractivity contribution in [3.8, 4) is 0 Å². The van der Waals surface area contributed by atoms with E-state index in [1.165, 1.54) is 11.1 Å². The standard InChI is InChI=1S/C21H30N2O2/c1-4-5-6-12-23(21(24)17-25-3)16-20-11-8-13-22(20)15-19-10-7-9-18(2)14-19/h7-11,13-14H,4-6,12,15-17H2,1-3H3. The van der Waals surface area contributed by atoms with Crippen LogP contribution in [0, 0.1) is 6.92 Å². The van der Waals surface area contributed by atoms with E-state index in [0.717, 1.165) is 38.0 Å². The smallest absolute Gasteiger partial charge is 0.248 e. The molecule has 2 rings (SSSR count). The van der Waals surface area contributed by atoms with Gasteiger partial charge in [0.1, 0.15) is 6.61 Å². The van der Waals surface area contributed by atoms with Crippen LogP contribution in [0.25, 0.3) is 0 Å². The first-order valence-corrected chi connectivity index (χ1v) is 9.10. The average Bonchev–Trinajstić information content (AvgIpc) is 3.01. The summed E-state index contributed by atoms with van der Waals surface area (Å²) in [6, 6.07) is 12.7. The number of rotatable bonds is 10. The predicted molar refractivity (Wildman–Crippen MR) is 102 cm³/mol. The molecule has 0 saturated carbocycles. The van der Waals surface area contributed by atoms with Crippen molar-refractivity contribution in [3.63, 3.8) is 0 Å². The average molecular weight is 342 g/mol. The lowest BCUT2D eigenvalue weighted by Crippen LogP contribution is -2.34. The third kappa shape index (κ3) is 6.05. The molecule has 0 aliphatic heterocycles. The number of amides is 1. The monoisotopic (exact) mass is 342 g/mol. The molecule has 1 aromatic carbocycles. The zero-order chi connectivity index (χ0) is 18.1. The number of carbonyl (C=O) groups excluding carboxylic acids is 1. The van der Waals surface area contributed by atoms with Crippen molar-refractivity contribution in [2.45, 2.75) is 46.2 Å². The Balaban J connectivity index is 2.08. The first kappa shape index (κ1) is 19.3. The molecule has 0 saturated heterocycles. The van der Waals surface area contributed by atoms with Crippen LogP contribution in [0.2, 0.25) is 0 Å². The largest absolute Gasteiger partial charge is 0.375 e. The van der Waals surface area contributed by atoms with Gasteiger partial charge in [-0.2, -0.15) is 0 Å². The van der Waals surface area contributed by atoms with Crippen molar-refractivity contribution < 1.29 is 9.53 Å². The first-order chi connectivity index (χ1) is 12.1. The molecule has 0 aliphatic carbocycles. The van der Waals surface area contributed by atoms with Gasteiger partial charge in [-0.05, 0) is 31.0 Å². The Hall–Kier alpha value is -2.07. The van der Waals surface area contributed by atoms with Gasteiger partial charge in [0, 0.05) is 32.1 Å². The van der Waals surface area contributed by atoms with Crippen LogP contribution >= 0.6 is 0 Å². The van der Waals surface area contributed by atoms with E-state index in [0.29, 0.717) is 6.54 Å². The zero-order valence-electron chi connectivity index (χ0n) is 15.7. The minimum Gasteiger partial charge on any atom is -0.375 e. The fourth-order valence-electron chi connectivity index (χ4n) is 3.01. The Morgan fingerprint density at radius 3 is 2.76 bits per heavy atom. The number of benzene rings is 1. The van der Waals surface area contributed by atoms with Gasteiger partial charge in [0.05, 0.1) is 6.54 Å². The van der Waals surface area contributed by atoms with Gasteiger partial charge >= 0.3 is 0 Å². The maximum absolute atomic E-state index is 12.4. The topological polar surface area (TPSA) is 34.5 Å². The van der Waals surface area contributed by atoms with E-state index in [2.05, 4.69) is 61.0 Å². The van der Waals surface area contributed by atoms with E-state index in [1.807, 2.05) is 4.90 Å². The van der Waals surface area contributed by atoms with E-state index in [-0.39, 0.29) is 12.5 Å². The van der Waals surface area contributed by atoms with Gasteiger partial charge in [0.15, 0.2) is 0 Å². The summed E-state index contributed by atoms with van der Waals surface area (Å²) in [7, 11) is 1.57. The summed E-state index contributed by atoms with van der Waals surface area (Å²) in [4.78, 5) is 14.3. The summed E-state index contributed by atoms with van der Waals surface area (Å²) >= 11 is 0. The van der Waals surface area contributed by atoms with Gasteiger partial charge in [0.2, 0.25) is 5.91 Å². The molecule has 4 heteroatoms. The molecule has 0 atom stereocenters. The number of aryl methyl sites for hydroxylation is 1. The number of hydrogen-bond acceptors (Lipinski definition) is 2. The minimum atomic E-state index is 0.0573. The third-order valence-corrected chi connectivity index (χ3v) is 4.36. The molecule has 0 N–H and O–H groups in total. The van der Waals surface area contributed by atoms with Crippen molar-refractivity contribution in [2.75, 3.05) is 20.3 Å². The molecule has 1 aromatic heterocycles. The second kappa shape index (κ2) is 10.0. The Bertz CT molecular complexity index is 663. The zero-order valence-corrected chi connectivity index (χ0v) is 15.7. The fourth-order valence-corrected chi connectivity index (χ4v) is 3.01. The van der Waals surface area contributed by atoms with E-state index in [1.54, 1.807) is 7.11 Å². The summed E-state index contributed by atoms with van der Waals surface area (Å²) in [5, 5.41) is 0. The first-order valence-electron chi connectivity index (χ1n) is 9.10. The highest BCUT2D eigenvalue weighted by atomic mass is 16.5. The lowest BCUT2D eigenvalue weighted by molar-refractivity contribution is -0.135. The second-order valence-electron chi connectivity index (χ2n) is 6.57. The van der Waals surface area contributed by atoms with Crippen LogP contribution in [-0.2, 0) is 22.6 Å². The Morgan fingerprint density at radius 1 is 1.20 bits per heavy atom. The number of carbonyl (C=O) groups is 1. The van der Waals surface area contributed by atoms with E-state index in [9.17, 15) is 4.79 Å². The third-order valence-electron chi connectivity index (χ3n) is 4.36. The molecule has 2 aromatic rings. The molecule has 136 valence electrons. The van der Waals surface area contributed by atoms with E-state index < -0.39 is 0 Å². The summed E-state index contributed by atoms with van der Waals surface area (Å²) in [5.74, 6) is 0.0573. The second-order valence-corrected chi connectivity index (χ2v) is 6.57. The Labute approximate surface area is 151 Å². The SMILES string of the molecule is CCCCCN(Cc1cccn1Cc1cccc(C)c1)C(=O)COC. The molecule has 0 unspecified atom stereocenters. The van der Waals surface area contributed by atoms with Crippen molar-refractivity contribution in [1.29, 1.82) is 0 Å². The summed E-state index contributed by atoms with van der Waals surface area (Å²) in [5.41, 5.74) is 3.70. The van der Waals surface area contributed by atoms with E-state index in [4.69, 9.17) is 4.74 Å². The fraction of sp³-hybridized carbons (Fsp3) is 0.476. The highest BCUT2D eigenvalue weighted by molar-refractivity contribution is 5.77. The number of aromatic nitrogens is 1. The predicted octanol–water partition coefficient (Wildman–Crippen LogP) is 4.01. The van der Waals surface area contributed by atoms with Gasteiger partial charge in [-0.1, -0.05) is 49.6 Å². The summed E-state index contributed by atoms with van der Waals surface area (Å²) in [6.07, 6.45) is 5.41. The van der Waals surface area contributed by atoms with Crippen LogP contribution in [-0.4, -0.2) is 35.6 Å². The molecular formula is C21H30N2O2. The van der Waals surface area contributed by atoms with Crippen molar-refractivity contribution in [2.24, 2.45) is 0 Å². The molecule has 0 spiro atoms. The number of ether oxygens (including phenoxy) is 1. The van der Waals surface area contributed by atoms with Crippen molar-refractivity contribution >= 4 is 5.91 Å². The molecule has 0 fully saturated rings. The minimum absolute atomic E-state index is 0.0573. The molecule has 1 heterocycles. The number of nitrogens with zero attached hydrogens (tertiary/aromatic N) is 2. The van der Waals surface area contributed by atoms with Gasteiger partial charge in [-0.25, -0.2) is 0 Å². The highest BCUT2D eigenvalue weighted by Gasteiger charge is 2.15. The maximum atomic E-state index is 12.4. The molecule has 1 amide bonds. The number of hydrogen-bond donors (Lipinski definition) is 0. The molecular weight excluding hydrogens is 312 g/mol. The van der Waals surface area contributed by atoms with Gasteiger partial charge in [-0.15, -0.1) is 0 Å².